The molecule has 0 saturated heterocycles. The maximum absolute atomic E-state index is 6.03. The van der Waals surface area contributed by atoms with Crippen LogP contribution in [0.15, 0.2) is 12.3 Å². The van der Waals surface area contributed by atoms with Gasteiger partial charge in [0.25, 0.3) is 0 Å². The summed E-state index contributed by atoms with van der Waals surface area (Å²) in [5.41, 5.74) is 6.64. The molecule has 0 spiro atoms. The van der Waals surface area contributed by atoms with Crippen molar-refractivity contribution in [1.82, 2.24) is 4.98 Å². The third-order valence-corrected chi connectivity index (χ3v) is 4.13. The Balaban J connectivity index is 2.01. The monoisotopic (exact) mass is 267 g/mol. The Morgan fingerprint density at radius 2 is 2.11 bits per heavy atom. The molecule has 1 heterocycles. The van der Waals surface area contributed by atoms with Crippen molar-refractivity contribution < 1.29 is 0 Å². The first-order valence-corrected chi connectivity index (χ1v) is 7.14. The second-order valence-electron chi connectivity index (χ2n) is 5.22. The summed E-state index contributed by atoms with van der Waals surface area (Å²) in [6, 6.07) is 2.01. The van der Waals surface area contributed by atoms with E-state index in [2.05, 4.69) is 16.9 Å². The van der Waals surface area contributed by atoms with Gasteiger partial charge in [0.2, 0.25) is 0 Å². The average Bonchev–Trinajstić information content (AvgIpc) is 2.40. The molecule has 1 aliphatic rings. The molecule has 1 fully saturated rings. The van der Waals surface area contributed by atoms with Crippen molar-refractivity contribution in [3.63, 3.8) is 0 Å². The van der Waals surface area contributed by atoms with Gasteiger partial charge in [-0.2, -0.15) is 0 Å². The van der Waals surface area contributed by atoms with Crippen molar-refractivity contribution in [2.45, 2.75) is 38.6 Å². The number of aromatic nitrogens is 1. The Kier molecular flexibility index (Phi) is 4.84. The largest absolute Gasteiger partial charge is 0.359 e. The number of hydrogen-bond donors (Lipinski definition) is 1. The molecule has 0 aliphatic heterocycles. The fraction of sp³-hybridized carbons (Fsp3) is 0.643. The third-order valence-electron chi connectivity index (χ3n) is 3.79. The fourth-order valence-electron chi connectivity index (χ4n) is 2.68. The van der Waals surface area contributed by atoms with Crippen molar-refractivity contribution >= 4 is 17.4 Å². The van der Waals surface area contributed by atoms with Crippen LogP contribution in [0, 0.1) is 5.92 Å². The molecule has 1 aromatic rings. The molecule has 0 atom stereocenters. The molecule has 0 radical (unpaired) electrons. The summed E-state index contributed by atoms with van der Waals surface area (Å²) in [5, 5.41) is 0.660. The van der Waals surface area contributed by atoms with Crippen molar-refractivity contribution in [1.29, 1.82) is 0 Å². The van der Waals surface area contributed by atoms with Crippen LogP contribution in [-0.2, 0) is 6.54 Å². The van der Waals surface area contributed by atoms with Crippen LogP contribution in [-0.4, -0.2) is 18.6 Å². The highest BCUT2D eigenvalue weighted by Crippen LogP contribution is 2.26. The first kappa shape index (κ1) is 13.6. The smallest absolute Gasteiger partial charge is 0.128 e. The predicted molar refractivity (Wildman–Crippen MR) is 77.0 cm³/mol. The molecule has 2 rings (SSSR count). The highest BCUT2D eigenvalue weighted by Gasteiger charge is 2.16. The van der Waals surface area contributed by atoms with Crippen molar-refractivity contribution in [3.8, 4) is 0 Å². The van der Waals surface area contributed by atoms with E-state index in [4.69, 9.17) is 17.3 Å². The number of pyridine rings is 1. The van der Waals surface area contributed by atoms with Crippen LogP contribution in [0.3, 0.4) is 0 Å². The van der Waals surface area contributed by atoms with E-state index in [1.807, 2.05) is 6.07 Å². The second kappa shape index (κ2) is 6.39. The van der Waals surface area contributed by atoms with E-state index in [1.54, 1.807) is 6.20 Å². The topological polar surface area (TPSA) is 42.1 Å². The Bertz CT molecular complexity index is 389. The maximum atomic E-state index is 6.03. The molecule has 0 unspecified atom stereocenters. The molecule has 3 nitrogen and oxygen atoms in total. The van der Waals surface area contributed by atoms with Crippen molar-refractivity contribution in [2.75, 3.05) is 18.5 Å². The first-order chi connectivity index (χ1) is 8.70. The molecule has 100 valence electrons. The van der Waals surface area contributed by atoms with Gasteiger partial charge in [0, 0.05) is 26.3 Å². The van der Waals surface area contributed by atoms with Gasteiger partial charge in [-0.15, -0.1) is 0 Å². The van der Waals surface area contributed by atoms with Crippen LogP contribution < -0.4 is 10.6 Å². The minimum Gasteiger partial charge on any atom is -0.359 e. The molecule has 18 heavy (non-hydrogen) atoms. The zero-order chi connectivity index (χ0) is 13.0. The molecule has 0 amide bonds. The van der Waals surface area contributed by atoms with Crippen molar-refractivity contribution in [2.24, 2.45) is 11.7 Å². The van der Waals surface area contributed by atoms with E-state index in [9.17, 15) is 0 Å². The second-order valence-corrected chi connectivity index (χ2v) is 5.63. The SMILES string of the molecule is CN(CC1CCCCC1)c1cc(CN)c(Cl)cn1. The Labute approximate surface area is 114 Å². The Hall–Kier alpha value is -0.800. The number of anilines is 1. The quantitative estimate of drug-likeness (QED) is 0.911. The lowest BCUT2D eigenvalue weighted by Crippen LogP contribution is -2.27. The van der Waals surface area contributed by atoms with Gasteiger partial charge < -0.3 is 10.6 Å². The molecular weight excluding hydrogens is 246 g/mol. The Morgan fingerprint density at radius 1 is 1.39 bits per heavy atom. The van der Waals surface area contributed by atoms with Gasteiger partial charge >= 0.3 is 0 Å². The lowest BCUT2D eigenvalue weighted by molar-refractivity contribution is 0.361. The molecule has 1 saturated carbocycles. The maximum Gasteiger partial charge on any atom is 0.128 e. The molecule has 1 aromatic heterocycles. The Morgan fingerprint density at radius 3 is 2.78 bits per heavy atom. The molecule has 0 aromatic carbocycles. The number of hydrogen-bond acceptors (Lipinski definition) is 3. The van der Waals surface area contributed by atoms with E-state index in [-0.39, 0.29) is 0 Å². The average molecular weight is 268 g/mol. The number of rotatable bonds is 4. The molecule has 1 aliphatic carbocycles. The lowest BCUT2D eigenvalue weighted by atomic mass is 9.89. The molecule has 4 heteroatoms. The van der Waals surface area contributed by atoms with Crippen LogP contribution in [0.2, 0.25) is 5.02 Å². The van der Waals surface area contributed by atoms with Crippen LogP contribution >= 0.6 is 11.6 Å². The van der Waals surface area contributed by atoms with Gasteiger partial charge in [-0.25, -0.2) is 4.98 Å². The first-order valence-electron chi connectivity index (χ1n) is 6.76. The van der Waals surface area contributed by atoms with E-state index < -0.39 is 0 Å². The summed E-state index contributed by atoms with van der Waals surface area (Å²) >= 11 is 6.03. The number of halogens is 1. The van der Waals surface area contributed by atoms with Crippen LogP contribution in [0.25, 0.3) is 0 Å². The summed E-state index contributed by atoms with van der Waals surface area (Å²) in [4.78, 5) is 6.62. The van der Waals surface area contributed by atoms with Gasteiger partial charge in [-0.1, -0.05) is 30.9 Å². The number of nitrogens with two attached hydrogens (primary N) is 1. The van der Waals surface area contributed by atoms with E-state index in [1.165, 1.54) is 32.1 Å². The highest BCUT2D eigenvalue weighted by atomic mass is 35.5. The summed E-state index contributed by atoms with van der Waals surface area (Å²) in [7, 11) is 2.10. The van der Waals surface area contributed by atoms with E-state index >= 15 is 0 Å². The lowest BCUT2D eigenvalue weighted by Gasteiger charge is -2.28. The predicted octanol–water partition coefficient (Wildman–Crippen LogP) is 3.21. The third kappa shape index (κ3) is 3.36. The fourth-order valence-corrected chi connectivity index (χ4v) is 2.86. The zero-order valence-electron chi connectivity index (χ0n) is 11.0. The zero-order valence-corrected chi connectivity index (χ0v) is 11.8. The van der Waals surface area contributed by atoms with Gasteiger partial charge in [0.15, 0.2) is 0 Å². The van der Waals surface area contributed by atoms with E-state index in [0.29, 0.717) is 11.6 Å². The van der Waals surface area contributed by atoms with E-state index in [0.717, 1.165) is 23.8 Å². The highest BCUT2D eigenvalue weighted by molar-refractivity contribution is 6.31. The summed E-state index contributed by atoms with van der Waals surface area (Å²) < 4.78 is 0. The number of nitrogens with zero attached hydrogens (tertiary/aromatic N) is 2. The summed E-state index contributed by atoms with van der Waals surface area (Å²) in [6.07, 6.45) is 8.55. The van der Waals surface area contributed by atoms with Gasteiger partial charge in [0.05, 0.1) is 5.02 Å². The van der Waals surface area contributed by atoms with Gasteiger partial charge in [-0.05, 0) is 30.4 Å². The minimum absolute atomic E-state index is 0.464. The van der Waals surface area contributed by atoms with Crippen LogP contribution in [0.4, 0.5) is 5.82 Å². The van der Waals surface area contributed by atoms with Gasteiger partial charge in [-0.3, -0.25) is 0 Å². The van der Waals surface area contributed by atoms with Crippen molar-refractivity contribution in [3.05, 3.63) is 22.8 Å². The van der Waals surface area contributed by atoms with Crippen LogP contribution in [0.5, 0.6) is 0 Å². The van der Waals surface area contributed by atoms with Gasteiger partial charge in [0.1, 0.15) is 5.82 Å². The van der Waals surface area contributed by atoms with Crippen LogP contribution in [0.1, 0.15) is 37.7 Å². The molecule has 0 bridgehead atoms. The minimum atomic E-state index is 0.464. The standard InChI is InChI=1S/C14H22ClN3/c1-18(10-11-5-3-2-4-6-11)14-7-12(8-16)13(15)9-17-14/h7,9,11H,2-6,8,10,16H2,1H3. The summed E-state index contributed by atoms with van der Waals surface area (Å²) in [5.74, 6) is 1.79. The summed E-state index contributed by atoms with van der Waals surface area (Å²) in [6.45, 7) is 1.55. The molecule has 2 N–H and O–H groups in total. The normalized spacial score (nSPS) is 16.8. The molecular formula is C14H22ClN3.